The molecule has 1 aromatic carbocycles. The smallest absolute Gasteiger partial charge is 0.315 e. The minimum atomic E-state index is -0.200. The molecule has 2 N–H and O–H groups in total. The fraction of sp³-hybridized carbons (Fsp3) is 0.474. The van der Waals surface area contributed by atoms with Crippen molar-refractivity contribution in [1.29, 1.82) is 0 Å². The standard InChI is InChI=1S/C19H25N3O3/c1-13-5-7-15(8-6-13)18-16(4-3-9-24-18)11-20-19(23)21-12-17-10-14(2)25-22-17/h5-8,10,16,18H,3-4,9,11-12H2,1-2H3,(H2,20,21,23)/t16-,18-/m0/s1. The molecule has 0 saturated carbocycles. The van der Waals surface area contributed by atoms with E-state index < -0.39 is 0 Å². The van der Waals surface area contributed by atoms with E-state index in [-0.39, 0.29) is 18.1 Å². The molecule has 2 amide bonds. The van der Waals surface area contributed by atoms with Gasteiger partial charge in [0, 0.05) is 25.1 Å². The minimum absolute atomic E-state index is 0.0350. The molecule has 6 heteroatoms. The van der Waals surface area contributed by atoms with E-state index in [9.17, 15) is 4.79 Å². The third-order valence-electron chi connectivity index (χ3n) is 4.48. The Morgan fingerprint density at radius 3 is 2.76 bits per heavy atom. The van der Waals surface area contributed by atoms with E-state index in [1.807, 2.05) is 13.0 Å². The molecule has 1 aromatic heterocycles. The predicted octanol–water partition coefficient (Wildman–Crippen LogP) is 3.26. The molecule has 1 aliphatic rings. The average molecular weight is 343 g/mol. The zero-order chi connectivity index (χ0) is 17.6. The van der Waals surface area contributed by atoms with E-state index in [1.165, 1.54) is 11.1 Å². The maximum atomic E-state index is 12.0. The number of aryl methyl sites for hydroxylation is 2. The van der Waals surface area contributed by atoms with Gasteiger partial charge in [0.15, 0.2) is 0 Å². The average Bonchev–Trinajstić information content (AvgIpc) is 3.04. The normalized spacial score (nSPS) is 20.2. The molecule has 1 fully saturated rings. The lowest BCUT2D eigenvalue weighted by atomic mass is 9.89. The highest BCUT2D eigenvalue weighted by Gasteiger charge is 2.27. The molecule has 0 bridgehead atoms. The summed E-state index contributed by atoms with van der Waals surface area (Å²) in [6, 6.07) is 10.0. The number of benzene rings is 1. The van der Waals surface area contributed by atoms with Crippen LogP contribution in [0.25, 0.3) is 0 Å². The second kappa shape index (κ2) is 8.16. The Morgan fingerprint density at radius 2 is 2.04 bits per heavy atom. The Kier molecular flexibility index (Phi) is 5.71. The first-order valence-corrected chi connectivity index (χ1v) is 8.74. The number of nitrogens with zero attached hydrogens (tertiary/aromatic N) is 1. The first-order chi connectivity index (χ1) is 12.1. The number of ether oxygens (including phenoxy) is 1. The Labute approximate surface area is 147 Å². The van der Waals surface area contributed by atoms with Gasteiger partial charge in [0.1, 0.15) is 11.5 Å². The van der Waals surface area contributed by atoms with Crippen molar-refractivity contribution < 1.29 is 14.1 Å². The zero-order valence-electron chi connectivity index (χ0n) is 14.7. The van der Waals surface area contributed by atoms with E-state index in [2.05, 4.69) is 47.0 Å². The summed E-state index contributed by atoms with van der Waals surface area (Å²) in [5, 5.41) is 9.61. The fourth-order valence-corrected chi connectivity index (χ4v) is 3.14. The van der Waals surface area contributed by atoms with Gasteiger partial charge in [-0.25, -0.2) is 4.79 Å². The summed E-state index contributed by atoms with van der Waals surface area (Å²) in [7, 11) is 0. The third-order valence-corrected chi connectivity index (χ3v) is 4.48. The summed E-state index contributed by atoms with van der Waals surface area (Å²) in [6.07, 6.45) is 2.10. The lowest BCUT2D eigenvalue weighted by molar-refractivity contribution is -0.0269. The first-order valence-electron chi connectivity index (χ1n) is 8.74. The van der Waals surface area contributed by atoms with Gasteiger partial charge in [0.2, 0.25) is 0 Å². The monoisotopic (exact) mass is 343 g/mol. The van der Waals surface area contributed by atoms with Gasteiger partial charge in [-0.3, -0.25) is 0 Å². The van der Waals surface area contributed by atoms with E-state index in [0.29, 0.717) is 18.8 Å². The summed E-state index contributed by atoms with van der Waals surface area (Å²) in [5.41, 5.74) is 3.12. The van der Waals surface area contributed by atoms with Gasteiger partial charge in [-0.05, 0) is 32.3 Å². The molecular formula is C19H25N3O3. The van der Waals surface area contributed by atoms with Gasteiger partial charge in [0.05, 0.1) is 12.6 Å². The molecule has 0 radical (unpaired) electrons. The first kappa shape index (κ1) is 17.5. The quantitative estimate of drug-likeness (QED) is 0.874. The van der Waals surface area contributed by atoms with Crippen LogP contribution in [0.2, 0.25) is 0 Å². The number of nitrogens with one attached hydrogen (secondary N) is 2. The molecule has 2 heterocycles. The van der Waals surface area contributed by atoms with E-state index in [4.69, 9.17) is 9.26 Å². The largest absolute Gasteiger partial charge is 0.373 e. The van der Waals surface area contributed by atoms with Crippen LogP contribution < -0.4 is 10.6 Å². The Bertz CT molecular complexity index is 696. The van der Waals surface area contributed by atoms with Gasteiger partial charge in [-0.15, -0.1) is 0 Å². The van der Waals surface area contributed by atoms with E-state index in [0.717, 1.165) is 25.2 Å². The molecule has 2 atom stereocenters. The second-order valence-corrected chi connectivity index (χ2v) is 6.60. The number of carbonyl (C=O) groups is 1. The highest BCUT2D eigenvalue weighted by atomic mass is 16.5. The Morgan fingerprint density at radius 1 is 1.24 bits per heavy atom. The number of aromatic nitrogens is 1. The maximum absolute atomic E-state index is 12.0. The summed E-state index contributed by atoms with van der Waals surface area (Å²) < 4.78 is 11.0. The summed E-state index contributed by atoms with van der Waals surface area (Å²) in [5.74, 6) is 1.01. The van der Waals surface area contributed by atoms with Crippen molar-refractivity contribution in [2.24, 2.45) is 5.92 Å². The molecule has 1 aliphatic heterocycles. The van der Waals surface area contributed by atoms with Crippen LogP contribution in [-0.4, -0.2) is 24.3 Å². The molecule has 1 saturated heterocycles. The molecule has 0 spiro atoms. The molecule has 6 nitrogen and oxygen atoms in total. The maximum Gasteiger partial charge on any atom is 0.315 e. The number of urea groups is 1. The number of hydrogen-bond donors (Lipinski definition) is 2. The summed E-state index contributed by atoms with van der Waals surface area (Å²) in [4.78, 5) is 12.0. The highest BCUT2D eigenvalue weighted by molar-refractivity contribution is 5.73. The van der Waals surface area contributed by atoms with Crippen LogP contribution in [0, 0.1) is 19.8 Å². The van der Waals surface area contributed by atoms with Crippen molar-refractivity contribution >= 4 is 6.03 Å². The van der Waals surface area contributed by atoms with Crippen molar-refractivity contribution in [3.63, 3.8) is 0 Å². The van der Waals surface area contributed by atoms with Crippen molar-refractivity contribution in [3.8, 4) is 0 Å². The van der Waals surface area contributed by atoms with Gasteiger partial charge in [0.25, 0.3) is 0 Å². The number of rotatable bonds is 5. The van der Waals surface area contributed by atoms with E-state index in [1.54, 1.807) is 0 Å². The lowest BCUT2D eigenvalue weighted by Crippen LogP contribution is -2.40. The summed E-state index contributed by atoms with van der Waals surface area (Å²) in [6.45, 7) is 5.61. The van der Waals surface area contributed by atoms with Crippen molar-refractivity contribution in [1.82, 2.24) is 15.8 Å². The number of hydrogen-bond acceptors (Lipinski definition) is 4. The zero-order valence-corrected chi connectivity index (χ0v) is 14.7. The van der Waals surface area contributed by atoms with Gasteiger partial charge >= 0.3 is 6.03 Å². The SMILES string of the molecule is Cc1ccc([C@@H]2OCCC[C@H]2CNC(=O)NCc2cc(C)on2)cc1. The predicted molar refractivity (Wildman–Crippen MR) is 94.1 cm³/mol. The van der Waals surface area contributed by atoms with Crippen LogP contribution in [0.4, 0.5) is 4.79 Å². The van der Waals surface area contributed by atoms with Crippen LogP contribution >= 0.6 is 0 Å². The highest BCUT2D eigenvalue weighted by Crippen LogP contribution is 2.33. The van der Waals surface area contributed by atoms with Crippen LogP contribution in [0.1, 0.15) is 41.5 Å². The molecule has 25 heavy (non-hydrogen) atoms. The van der Waals surface area contributed by atoms with Crippen LogP contribution in [0.5, 0.6) is 0 Å². The summed E-state index contributed by atoms with van der Waals surface area (Å²) >= 11 is 0. The number of carbonyl (C=O) groups excluding carboxylic acids is 1. The number of amides is 2. The van der Waals surface area contributed by atoms with Crippen molar-refractivity contribution in [2.45, 2.75) is 39.3 Å². The molecule has 134 valence electrons. The van der Waals surface area contributed by atoms with Crippen molar-refractivity contribution in [3.05, 3.63) is 52.9 Å². The molecule has 2 aromatic rings. The second-order valence-electron chi connectivity index (χ2n) is 6.60. The van der Waals surface area contributed by atoms with Gasteiger partial charge in [-0.1, -0.05) is 35.0 Å². The van der Waals surface area contributed by atoms with E-state index >= 15 is 0 Å². The van der Waals surface area contributed by atoms with Crippen LogP contribution in [0.3, 0.4) is 0 Å². The Hall–Kier alpha value is -2.34. The lowest BCUT2D eigenvalue weighted by Gasteiger charge is -2.32. The third kappa shape index (κ3) is 4.82. The molecular weight excluding hydrogens is 318 g/mol. The van der Waals surface area contributed by atoms with Gasteiger partial charge < -0.3 is 19.9 Å². The van der Waals surface area contributed by atoms with Crippen molar-refractivity contribution in [2.75, 3.05) is 13.2 Å². The minimum Gasteiger partial charge on any atom is -0.373 e. The fourth-order valence-electron chi connectivity index (χ4n) is 3.14. The van der Waals surface area contributed by atoms with Gasteiger partial charge in [-0.2, -0.15) is 0 Å². The molecule has 3 rings (SSSR count). The Balaban J connectivity index is 1.51. The van der Waals surface area contributed by atoms with Crippen LogP contribution in [0.15, 0.2) is 34.9 Å². The van der Waals surface area contributed by atoms with Crippen LogP contribution in [-0.2, 0) is 11.3 Å². The topological polar surface area (TPSA) is 76.4 Å². The molecule has 0 aliphatic carbocycles. The molecule has 0 unspecified atom stereocenters.